The lowest BCUT2D eigenvalue weighted by molar-refractivity contribution is -0.141. The molecule has 0 fully saturated rings. The van der Waals surface area contributed by atoms with E-state index in [4.69, 9.17) is 9.68 Å². The molecule has 4 rings (SSSR count). The molecule has 42 heavy (non-hydrogen) atoms. The van der Waals surface area contributed by atoms with Crippen LogP contribution < -0.4 is 4.90 Å². The highest BCUT2D eigenvalue weighted by Gasteiger charge is 2.16. The Hall–Kier alpha value is -5.37. The first kappa shape index (κ1) is 29.6. The molecule has 0 aliphatic heterocycles. The standard InChI is InChI=1S/C34H31N3O5/c1-22-7-6-8-30(21-22)34(40)29-13-19-33(20-14-29)37(31-15-9-27(10-16-31)23(2)35-41-25(4)38)32-17-11-28(12-18-32)24(3)36-42-26(5)39/h6-21H,1-5H3/b35-23+,36-24?. The molecule has 8 heteroatoms. The van der Waals surface area contributed by atoms with Crippen molar-refractivity contribution in [3.63, 3.8) is 0 Å². The van der Waals surface area contributed by atoms with Crippen LogP contribution in [0.15, 0.2) is 107 Å². The topological polar surface area (TPSA) is 97.6 Å². The van der Waals surface area contributed by atoms with E-state index in [1.807, 2.05) is 109 Å². The van der Waals surface area contributed by atoms with Crippen molar-refractivity contribution in [3.8, 4) is 0 Å². The second-order valence-electron chi connectivity index (χ2n) is 9.69. The first-order valence-corrected chi connectivity index (χ1v) is 13.3. The third-order valence-electron chi connectivity index (χ3n) is 6.38. The number of hydrogen-bond donors (Lipinski definition) is 0. The lowest BCUT2D eigenvalue weighted by atomic mass is 10.0. The van der Waals surface area contributed by atoms with Gasteiger partial charge in [0, 0.05) is 42.0 Å². The van der Waals surface area contributed by atoms with Crippen LogP contribution in [0.1, 0.15) is 60.3 Å². The molecule has 0 atom stereocenters. The van der Waals surface area contributed by atoms with E-state index in [9.17, 15) is 14.4 Å². The van der Waals surface area contributed by atoms with Crippen LogP contribution in [0.3, 0.4) is 0 Å². The fourth-order valence-corrected chi connectivity index (χ4v) is 4.24. The van der Waals surface area contributed by atoms with Crippen LogP contribution in [-0.4, -0.2) is 29.1 Å². The third kappa shape index (κ3) is 7.42. The summed E-state index contributed by atoms with van der Waals surface area (Å²) < 4.78 is 0. The zero-order chi connectivity index (χ0) is 30.2. The number of rotatable bonds is 9. The number of carbonyl (C=O) groups is 3. The van der Waals surface area contributed by atoms with Crippen LogP contribution in [0.5, 0.6) is 0 Å². The van der Waals surface area contributed by atoms with Gasteiger partial charge in [0.2, 0.25) is 0 Å². The van der Waals surface area contributed by atoms with E-state index in [0.29, 0.717) is 22.6 Å². The molecule has 0 saturated heterocycles. The summed E-state index contributed by atoms with van der Waals surface area (Å²) in [4.78, 5) is 47.0. The van der Waals surface area contributed by atoms with Gasteiger partial charge < -0.3 is 14.6 Å². The van der Waals surface area contributed by atoms with Crippen molar-refractivity contribution >= 4 is 46.2 Å². The summed E-state index contributed by atoms with van der Waals surface area (Å²) in [6, 6.07) is 30.3. The predicted molar refractivity (Wildman–Crippen MR) is 164 cm³/mol. The van der Waals surface area contributed by atoms with Crippen LogP contribution in [0.4, 0.5) is 17.1 Å². The van der Waals surface area contributed by atoms with E-state index in [1.54, 1.807) is 13.8 Å². The summed E-state index contributed by atoms with van der Waals surface area (Å²) >= 11 is 0. The lowest BCUT2D eigenvalue weighted by Crippen LogP contribution is -2.11. The Morgan fingerprint density at radius 3 is 1.33 bits per heavy atom. The Morgan fingerprint density at radius 2 is 0.952 bits per heavy atom. The average Bonchev–Trinajstić information content (AvgIpc) is 2.99. The first-order chi connectivity index (χ1) is 20.1. The minimum atomic E-state index is -0.488. The summed E-state index contributed by atoms with van der Waals surface area (Å²) in [6.07, 6.45) is 0. The Labute approximate surface area is 244 Å². The van der Waals surface area contributed by atoms with Crippen molar-refractivity contribution in [2.24, 2.45) is 10.3 Å². The van der Waals surface area contributed by atoms with Crippen LogP contribution in [0.2, 0.25) is 0 Å². The second kappa shape index (κ2) is 13.3. The molecule has 0 unspecified atom stereocenters. The quantitative estimate of drug-likeness (QED) is 0.0923. The maximum Gasteiger partial charge on any atom is 0.331 e. The van der Waals surface area contributed by atoms with Crippen molar-refractivity contribution in [3.05, 3.63) is 125 Å². The number of anilines is 3. The zero-order valence-corrected chi connectivity index (χ0v) is 24.1. The van der Waals surface area contributed by atoms with Crippen LogP contribution >= 0.6 is 0 Å². The largest absolute Gasteiger partial charge is 0.331 e. The third-order valence-corrected chi connectivity index (χ3v) is 6.38. The maximum atomic E-state index is 13.1. The fraction of sp³-hybridized carbons (Fsp3) is 0.147. The normalized spacial score (nSPS) is 11.5. The van der Waals surface area contributed by atoms with Gasteiger partial charge in [-0.15, -0.1) is 0 Å². The molecule has 0 radical (unpaired) electrons. The number of carbonyl (C=O) groups excluding carboxylic acids is 3. The monoisotopic (exact) mass is 561 g/mol. The van der Waals surface area contributed by atoms with E-state index in [0.717, 1.165) is 33.8 Å². The molecule has 0 saturated carbocycles. The Bertz CT molecular complexity index is 1580. The van der Waals surface area contributed by atoms with Crippen molar-refractivity contribution < 1.29 is 24.1 Å². The van der Waals surface area contributed by atoms with Gasteiger partial charge in [0.1, 0.15) is 0 Å². The molecule has 8 nitrogen and oxygen atoms in total. The molecule has 4 aromatic carbocycles. The Morgan fingerprint density at radius 1 is 0.548 bits per heavy atom. The highest BCUT2D eigenvalue weighted by molar-refractivity contribution is 6.09. The van der Waals surface area contributed by atoms with E-state index in [-0.39, 0.29) is 5.78 Å². The van der Waals surface area contributed by atoms with Gasteiger partial charge in [-0.2, -0.15) is 0 Å². The molecule has 0 aromatic heterocycles. The molecular weight excluding hydrogens is 530 g/mol. The molecule has 212 valence electrons. The van der Waals surface area contributed by atoms with Crippen molar-refractivity contribution in [1.29, 1.82) is 0 Å². The van der Waals surface area contributed by atoms with Crippen molar-refractivity contribution in [1.82, 2.24) is 0 Å². The maximum absolute atomic E-state index is 13.1. The van der Waals surface area contributed by atoms with Gasteiger partial charge in [0.15, 0.2) is 5.78 Å². The van der Waals surface area contributed by atoms with Gasteiger partial charge in [-0.3, -0.25) is 4.79 Å². The van der Waals surface area contributed by atoms with Crippen LogP contribution in [0.25, 0.3) is 0 Å². The summed E-state index contributed by atoms with van der Waals surface area (Å²) in [5.74, 6) is -1.02. The summed E-state index contributed by atoms with van der Waals surface area (Å²) in [5.41, 5.74) is 7.53. The van der Waals surface area contributed by atoms with Gasteiger partial charge in [-0.05, 0) is 86.5 Å². The molecule has 0 aliphatic carbocycles. The Kier molecular flexibility index (Phi) is 9.39. The van der Waals surface area contributed by atoms with Gasteiger partial charge in [0.05, 0.1) is 11.4 Å². The minimum Gasteiger partial charge on any atom is -0.318 e. The number of benzene rings is 4. The summed E-state index contributed by atoms with van der Waals surface area (Å²) in [7, 11) is 0. The van der Waals surface area contributed by atoms with Crippen LogP contribution in [-0.2, 0) is 19.3 Å². The van der Waals surface area contributed by atoms with Gasteiger partial charge in [0.25, 0.3) is 0 Å². The number of aryl methyl sites for hydroxylation is 1. The zero-order valence-electron chi connectivity index (χ0n) is 24.1. The highest BCUT2D eigenvalue weighted by Crippen LogP contribution is 2.35. The molecule has 0 bridgehead atoms. The molecule has 0 spiro atoms. The smallest absolute Gasteiger partial charge is 0.318 e. The van der Waals surface area contributed by atoms with E-state index < -0.39 is 11.9 Å². The second-order valence-corrected chi connectivity index (χ2v) is 9.69. The summed E-state index contributed by atoms with van der Waals surface area (Å²) in [5, 5.41) is 7.74. The van der Waals surface area contributed by atoms with Crippen molar-refractivity contribution in [2.45, 2.75) is 34.6 Å². The molecular formula is C34H31N3O5. The van der Waals surface area contributed by atoms with E-state index >= 15 is 0 Å². The van der Waals surface area contributed by atoms with E-state index in [1.165, 1.54) is 13.8 Å². The molecule has 0 N–H and O–H groups in total. The number of ketones is 1. The van der Waals surface area contributed by atoms with Crippen molar-refractivity contribution in [2.75, 3.05) is 4.90 Å². The SMILES string of the molecule is CC(=O)ON=C(C)c1ccc(N(c2ccc(C(=O)c3cccc(C)c3)cc2)c2ccc(/C(C)=N/OC(C)=O)cc2)cc1. The highest BCUT2D eigenvalue weighted by atomic mass is 16.7. The predicted octanol–water partition coefficient (Wildman–Crippen LogP) is 7.27. The molecule has 0 amide bonds. The Balaban J connectivity index is 1.70. The molecule has 0 aliphatic rings. The molecule has 4 aromatic rings. The molecule has 0 heterocycles. The van der Waals surface area contributed by atoms with Gasteiger partial charge >= 0.3 is 11.9 Å². The summed E-state index contributed by atoms with van der Waals surface area (Å²) in [6.45, 7) is 8.08. The van der Waals surface area contributed by atoms with Gasteiger partial charge in [-0.25, -0.2) is 9.59 Å². The fourth-order valence-electron chi connectivity index (χ4n) is 4.24. The van der Waals surface area contributed by atoms with E-state index in [2.05, 4.69) is 10.3 Å². The minimum absolute atomic E-state index is 0.0457. The number of hydrogen-bond acceptors (Lipinski definition) is 8. The average molecular weight is 562 g/mol. The van der Waals surface area contributed by atoms with Gasteiger partial charge in [-0.1, -0.05) is 58.3 Å². The number of nitrogens with zero attached hydrogens (tertiary/aromatic N) is 3. The number of oxime groups is 2. The lowest BCUT2D eigenvalue weighted by Gasteiger charge is -2.26. The van der Waals surface area contributed by atoms with Crippen LogP contribution in [0, 0.1) is 6.92 Å². The first-order valence-electron chi connectivity index (χ1n) is 13.3.